The van der Waals surface area contributed by atoms with Crippen LogP contribution < -0.4 is 9.47 Å². The van der Waals surface area contributed by atoms with Crippen LogP contribution in [0.3, 0.4) is 0 Å². The number of hydrogen-bond donors (Lipinski definition) is 1. The third-order valence-corrected chi connectivity index (χ3v) is 6.62. The second kappa shape index (κ2) is 8.34. The Morgan fingerprint density at radius 3 is 2.72 bits per heavy atom. The van der Waals surface area contributed by atoms with Crippen molar-refractivity contribution in [3.63, 3.8) is 0 Å². The number of hydrogen-bond acceptors (Lipinski definition) is 3. The summed E-state index contributed by atoms with van der Waals surface area (Å²) in [6, 6.07) is 21.2. The molecule has 1 unspecified atom stereocenters. The van der Waals surface area contributed by atoms with E-state index in [4.69, 9.17) is 14.6 Å². The summed E-state index contributed by atoms with van der Waals surface area (Å²) in [6.45, 7) is 4.89. The molecule has 1 heterocycles. The molecule has 4 heteroatoms. The van der Waals surface area contributed by atoms with Crippen molar-refractivity contribution in [1.82, 2.24) is 0 Å². The fourth-order valence-electron chi connectivity index (χ4n) is 5.01. The van der Waals surface area contributed by atoms with Gasteiger partial charge in [0.1, 0.15) is 17.6 Å². The van der Waals surface area contributed by atoms with Gasteiger partial charge in [-0.1, -0.05) is 62.4 Å². The summed E-state index contributed by atoms with van der Waals surface area (Å²) in [6.07, 6.45) is 2.06. The molecule has 164 valence electrons. The Bertz CT molecular complexity index is 1160. The van der Waals surface area contributed by atoms with E-state index in [0.717, 1.165) is 29.9 Å². The van der Waals surface area contributed by atoms with Crippen LogP contribution in [0.2, 0.25) is 0 Å². The molecular weight excluding hydrogens is 400 g/mol. The minimum atomic E-state index is -0.801. The summed E-state index contributed by atoms with van der Waals surface area (Å²) in [7, 11) is 0. The monoisotopic (exact) mass is 428 g/mol. The minimum Gasteiger partial charge on any atom is -0.492 e. The SMILES string of the molecule is CC(C)c1ccccc1-c1ccc2c(c1)CC[C@H]2Oc1ccc2c(c1)OCC2CC(=O)O. The van der Waals surface area contributed by atoms with Gasteiger partial charge in [0.15, 0.2) is 0 Å². The topological polar surface area (TPSA) is 55.8 Å². The molecule has 1 N–H and O–H groups in total. The molecular formula is C28H28O4. The molecule has 0 bridgehead atoms. The Kier molecular flexibility index (Phi) is 5.38. The summed E-state index contributed by atoms with van der Waals surface area (Å²) < 4.78 is 12.1. The lowest BCUT2D eigenvalue weighted by Gasteiger charge is -2.17. The predicted octanol–water partition coefficient (Wildman–Crippen LogP) is 6.49. The van der Waals surface area contributed by atoms with Crippen molar-refractivity contribution in [2.24, 2.45) is 0 Å². The number of carbonyl (C=O) groups is 1. The van der Waals surface area contributed by atoms with Gasteiger partial charge < -0.3 is 14.6 Å². The number of benzene rings is 3. The zero-order valence-electron chi connectivity index (χ0n) is 18.5. The van der Waals surface area contributed by atoms with Crippen molar-refractivity contribution < 1.29 is 19.4 Å². The molecule has 0 saturated carbocycles. The van der Waals surface area contributed by atoms with Crippen LogP contribution in [0.5, 0.6) is 11.5 Å². The predicted molar refractivity (Wildman–Crippen MR) is 125 cm³/mol. The van der Waals surface area contributed by atoms with E-state index in [1.54, 1.807) is 0 Å². The second-order valence-electron chi connectivity index (χ2n) is 9.11. The van der Waals surface area contributed by atoms with Crippen LogP contribution in [0.4, 0.5) is 0 Å². The lowest BCUT2D eigenvalue weighted by Crippen LogP contribution is -2.07. The van der Waals surface area contributed by atoms with Gasteiger partial charge in [0, 0.05) is 17.5 Å². The Hall–Kier alpha value is -3.27. The molecule has 0 aromatic heterocycles. The highest BCUT2D eigenvalue weighted by Gasteiger charge is 2.28. The smallest absolute Gasteiger partial charge is 0.304 e. The molecule has 32 heavy (non-hydrogen) atoms. The molecule has 1 aliphatic carbocycles. The van der Waals surface area contributed by atoms with Gasteiger partial charge in [-0.25, -0.2) is 0 Å². The molecule has 1 aliphatic heterocycles. The standard InChI is InChI=1S/C28H28O4/c1-17(2)22-5-3-4-6-23(22)18-7-10-24-19(13-18)8-12-26(24)32-21-9-11-25-20(14-28(29)30)16-31-27(25)15-21/h3-7,9-11,13,15,17,20,26H,8,12,14,16H2,1-2H3,(H,29,30)/t20?,26-/m1/s1. The Labute approximate surface area is 188 Å². The van der Waals surface area contributed by atoms with Crippen molar-refractivity contribution in [2.45, 2.75) is 51.0 Å². The third-order valence-electron chi connectivity index (χ3n) is 6.62. The van der Waals surface area contributed by atoms with Crippen LogP contribution in [-0.4, -0.2) is 17.7 Å². The van der Waals surface area contributed by atoms with E-state index >= 15 is 0 Å². The fraction of sp³-hybridized carbons (Fsp3) is 0.321. The quantitative estimate of drug-likeness (QED) is 0.487. The summed E-state index contributed by atoms with van der Waals surface area (Å²) in [5.41, 5.74) is 7.51. The molecule has 0 saturated heterocycles. The summed E-state index contributed by atoms with van der Waals surface area (Å²) >= 11 is 0. The Balaban J connectivity index is 1.36. The van der Waals surface area contributed by atoms with Gasteiger partial charge >= 0.3 is 5.97 Å². The number of aliphatic carboxylic acids is 1. The molecule has 0 amide bonds. The van der Waals surface area contributed by atoms with E-state index in [-0.39, 0.29) is 18.4 Å². The van der Waals surface area contributed by atoms with Crippen molar-refractivity contribution in [1.29, 1.82) is 0 Å². The van der Waals surface area contributed by atoms with Crippen LogP contribution >= 0.6 is 0 Å². The third kappa shape index (κ3) is 3.86. The second-order valence-corrected chi connectivity index (χ2v) is 9.11. The van der Waals surface area contributed by atoms with Gasteiger partial charge in [-0.15, -0.1) is 0 Å². The first-order valence-electron chi connectivity index (χ1n) is 11.4. The lowest BCUT2D eigenvalue weighted by atomic mass is 9.91. The number of rotatable bonds is 6. The van der Waals surface area contributed by atoms with Crippen molar-refractivity contribution in [2.75, 3.05) is 6.61 Å². The number of fused-ring (bicyclic) bond motifs is 2. The lowest BCUT2D eigenvalue weighted by molar-refractivity contribution is -0.137. The molecule has 5 rings (SSSR count). The summed E-state index contributed by atoms with van der Waals surface area (Å²) in [4.78, 5) is 11.1. The summed E-state index contributed by atoms with van der Waals surface area (Å²) in [5, 5.41) is 9.09. The van der Waals surface area contributed by atoms with Crippen LogP contribution in [-0.2, 0) is 11.2 Å². The molecule has 2 aliphatic rings. The van der Waals surface area contributed by atoms with E-state index in [1.807, 2.05) is 18.2 Å². The molecule has 0 fully saturated rings. The van der Waals surface area contributed by atoms with Gasteiger partial charge in [0.25, 0.3) is 0 Å². The largest absolute Gasteiger partial charge is 0.492 e. The summed E-state index contributed by atoms with van der Waals surface area (Å²) in [5.74, 6) is 1.10. The number of aryl methyl sites for hydroxylation is 1. The average molecular weight is 429 g/mol. The van der Waals surface area contributed by atoms with E-state index < -0.39 is 5.97 Å². The number of carboxylic acids is 1. The Morgan fingerprint density at radius 1 is 1.09 bits per heavy atom. The maximum Gasteiger partial charge on any atom is 0.304 e. The zero-order chi connectivity index (χ0) is 22.2. The minimum absolute atomic E-state index is 0.0219. The molecule has 2 atom stereocenters. The van der Waals surface area contributed by atoms with E-state index in [0.29, 0.717) is 12.5 Å². The molecule has 3 aromatic carbocycles. The van der Waals surface area contributed by atoms with Crippen LogP contribution in [0, 0.1) is 0 Å². The maximum absolute atomic E-state index is 11.1. The highest BCUT2D eigenvalue weighted by Crippen LogP contribution is 2.42. The van der Waals surface area contributed by atoms with E-state index in [1.165, 1.54) is 27.8 Å². The van der Waals surface area contributed by atoms with Gasteiger partial charge in [0.05, 0.1) is 13.0 Å². The van der Waals surface area contributed by atoms with Crippen LogP contribution in [0.1, 0.15) is 66.9 Å². The zero-order valence-corrected chi connectivity index (χ0v) is 18.5. The first kappa shape index (κ1) is 20.6. The highest BCUT2D eigenvalue weighted by molar-refractivity contribution is 5.70. The maximum atomic E-state index is 11.1. The molecule has 3 aromatic rings. The molecule has 0 radical (unpaired) electrons. The van der Waals surface area contributed by atoms with Gasteiger partial charge in [-0.2, -0.15) is 0 Å². The molecule has 4 nitrogen and oxygen atoms in total. The normalized spacial score (nSPS) is 18.8. The van der Waals surface area contributed by atoms with Crippen molar-refractivity contribution >= 4 is 5.97 Å². The number of ether oxygens (including phenoxy) is 2. The van der Waals surface area contributed by atoms with E-state index in [2.05, 4.69) is 56.3 Å². The Morgan fingerprint density at radius 2 is 1.91 bits per heavy atom. The first-order chi connectivity index (χ1) is 15.5. The first-order valence-corrected chi connectivity index (χ1v) is 11.4. The van der Waals surface area contributed by atoms with Crippen molar-refractivity contribution in [3.8, 4) is 22.6 Å². The van der Waals surface area contributed by atoms with Crippen LogP contribution in [0.25, 0.3) is 11.1 Å². The van der Waals surface area contributed by atoms with Gasteiger partial charge in [-0.05, 0) is 52.6 Å². The number of carboxylic acid groups (broad SMARTS) is 1. The molecule has 0 spiro atoms. The van der Waals surface area contributed by atoms with Gasteiger partial charge in [-0.3, -0.25) is 4.79 Å². The van der Waals surface area contributed by atoms with Crippen molar-refractivity contribution in [3.05, 3.63) is 82.9 Å². The fourth-order valence-corrected chi connectivity index (χ4v) is 5.01. The van der Waals surface area contributed by atoms with Crippen LogP contribution in [0.15, 0.2) is 60.7 Å². The van der Waals surface area contributed by atoms with Gasteiger partial charge in [0.2, 0.25) is 0 Å². The average Bonchev–Trinajstić information content (AvgIpc) is 3.37. The highest BCUT2D eigenvalue weighted by atomic mass is 16.5. The van der Waals surface area contributed by atoms with E-state index in [9.17, 15) is 4.79 Å².